The van der Waals surface area contributed by atoms with E-state index in [1.54, 1.807) is 24.4 Å². The van der Waals surface area contributed by atoms with Crippen LogP contribution in [0, 0.1) is 5.82 Å². The standard InChI is InChI=1S/C20H22FN5/c1-26(2)17-9-7-16(8-10-17)24-20-23-14-12-19(25-20)22-13-11-15-5-3-4-6-18(15)21/h3-10,12,14H,11,13H2,1-2H3,(H2,22,23,24,25). The molecule has 6 heteroatoms. The molecule has 1 aromatic heterocycles. The fraction of sp³-hybridized carbons (Fsp3) is 0.200. The summed E-state index contributed by atoms with van der Waals surface area (Å²) in [5, 5.41) is 6.39. The first-order valence-electron chi connectivity index (χ1n) is 8.46. The lowest BCUT2D eigenvalue weighted by Crippen LogP contribution is -2.09. The van der Waals surface area contributed by atoms with E-state index in [2.05, 4.69) is 20.6 Å². The van der Waals surface area contributed by atoms with Gasteiger partial charge in [-0.15, -0.1) is 0 Å². The van der Waals surface area contributed by atoms with E-state index < -0.39 is 0 Å². The van der Waals surface area contributed by atoms with Crippen LogP contribution in [0.4, 0.5) is 27.5 Å². The molecular formula is C20H22FN5. The summed E-state index contributed by atoms with van der Waals surface area (Å²) in [5.41, 5.74) is 2.73. The Morgan fingerprint density at radius 2 is 1.77 bits per heavy atom. The third kappa shape index (κ3) is 4.69. The summed E-state index contributed by atoms with van der Waals surface area (Å²) in [7, 11) is 4.00. The summed E-state index contributed by atoms with van der Waals surface area (Å²) >= 11 is 0. The van der Waals surface area contributed by atoms with Crippen molar-refractivity contribution < 1.29 is 4.39 Å². The topological polar surface area (TPSA) is 53.1 Å². The molecule has 134 valence electrons. The zero-order valence-electron chi connectivity index (χ0n) is 14.9. The van der Waals surface area contributed by atoms with Crippen LogP contribution in [0.15, 0.2) is 60.8 Å². The van der Waals surface area contributed by atoms with Gasteiger partial charge in [-0.05, 0) is 48.4 Å². The van der Waals surface area contributed by atoms with Gasteiger partial charge in [0.2, 0.25) is 5.95 Å². The Labute approximate surface area is 152 Å². The summed E-state index contributed by atoms with van der Waals surface area (Å²) in [4.78, 5) is 10.7. The Morgan fingerprint density at radius 3 is 2.50 bits per heavy atom. The van der Waals surface area contributed by atoms with Crippen molar-refractivity contribution in [3.63, 3.8) is 0 Å². The predicted octanol–water partition coefficient (Wildman–Crippen LogP) is 4.08. The normalized spacial score (nSPS) is 10.4. The highest BCUT2D eigenvalue weighted by molar-refractivity contribution is 5.59. The van der Waals surface area contributed by atoms with Gasteiger partial charge in [0.15, 0.2) is 0 Å². The van der Waals surface area contributed by atoms with Crippen LogP contribution in [-0.4, -0.2) is 30.6 Å². The molecule has 0 amide bonds. The molecule has 0 saturated heterocycles. The van der Waals surface area contributed by atoms with Gasteiger partial charge in [-0.3, -0.25) is 0 Å². The lowest BCUT2D eigenvalue weighted by molar-refractivity contribution is 0.610. The fourth-order valence-corrected chi connectivity index (χ4v) is 2.52. The lowest BCUT2D eigenvalue weighted by atomic mass is 10.1. The number of hydrogen-bond acceptors (Lipinski definition) is 5. The van der Waals surface area contributed by atoms with Crippen LogP contribution in [0.1, 0.15) is 5.56 Å². The van der Waals surface area contributed by atoms with Crippen LogP contribution < -0.4 is 15.5 Å². The highest BCUT2D eigenvalue weighted by Gasteiger charge is 2.03. The SMILES string of the molecule is CN(C)c1ccc(Nc2nccc(NCCc3ccccc3F)n2)cc1. The number of hydrogen-bond donors (Lipinski definition) is 2. The Hall–Kier alpha value is -3.15. The van der Waals surface area contributed by atoms with Crippen LogP contribution >= 0.6 is 0 Å². The van der Waals surface area contributed by atoms with Gasteiger partial charge in [-0.2, -0.15) is 4.98 Å². The minimum absolute atomic E-state index is 0.180. The number of benzene rings is 2. The molecule has 0 unspecified atom stereocenters. The second-order valence-corrected chi connectivity index (χ2v) is 6.10. The van der Waals surface area contributed by atoms with Gasteiger partial charge in [0.1, 0.15) is 11.6 Å². The fourth-order valence-electron chi connectivity index (χ4n) is 2.52. The molecule has 0 aliphatic rings. The van der Waals surface area contributed by atoms with E-state index >= 15 is 0 Å². The predicted molar refractivity (Wildman–Crippen MR) is 105 cm³/mol. The average Bonchev–Trinajstić information content (AvgIpc) is 2.64. The zero-order chi connectivity index (χ0) is 18.4. The van der Waals surface area contributed by atoms with E-state index in [0.717, 1.165) is 11.4 Å². The van der Waals surface area contributed by atoms with Crippen molar-refractivity contribution in [2.45, 2.75) is 6.42 Å². The number of aromatic nitrogens is 2. The molecule has 26 heavy (non-hydrogen) atoms. The number of nitrogens with zero attached hydrogens (tertiary/aromatic N) is 3. The molecule has 3 rings (SSSR count). The Bertz CT molecular complexity index is 849. The molecule has 0 bridgehead atoms. The lowest BCUT2D eigenvalue weighted by Gasteiger charge is -2.13. The molecule has 0 radical (unpaired) electrons. The maximum absolute atomic E-state index is 13.6. The highest BCUT2D eigenvalue weighted by Crippen LogP contribution is 2.18. The molecule has 0 spiro atoms. The van der Waals surface area contributed by atoms with Crippen molar-refractivity contribution in [2.75, 3.05) is 36.2 Å². The molecule has 3 aromatic rings. The zero-order valence-corrected chi connectivity index (χ0v) is 14.9. The van der Waals surface area contributed by atoms with Crippen LogP contribution in [0.3, 0.4) is 0 Å². The van der Waals surface area contributed by atoms with Crippen molar-refractivity contribution >= 4 is 23.1 Å². The third-order valence-corrected chi connectivity index (χ3v) is 3.95. The monoisotopic (exact) mass is 351 g/mol. The summed E-state index contributed by atoms with van der Waals surface area (Å²) in [6.07, 6.45) is 2.28. The molecule has 0 saturated carbocycles. The molecule has 2 N–H and O–H groups in total. The van der Waals surface area contributed by atoms with Gasteiger partial charge < -0.3 is 15.5 Å². The van der Waals surface area contributed by atoms with Crippen molar-refractivity contribution in [3.05, 3.63) is 72.2 Å². The maximum atomic E-state index is 13.6. The minimum atomic E-state index is -0.180. The van der Waals surface area contributed by atoms with E-state index in [0.29, 0.717) is 30.3 Å². The Balaban J connectivity index is 1.58. The van der Waals surface area contributed by atoms with Crippen LogP contribution in [0.25, 0.3) is 0 Å². The number of rotatable bonds is 7. The van der Waals surface area contributed by atoms with Crippen LogP contribution in [-0.2, 0) is 6.42 Å². The Morgan fingerprint density at radius 1 is 1.00 bits per heavy atom. The molecule has 2 aromatic carbocycles. The van der Waals surface area contributed by atoms with Crippen molar-refractivity contribution in [3.8, 4) is 0 Å². The van der Waals surface area contributed by atoms with Gasteiger partial charge in [-0.1, -0.05) is 18.2 Å². The largest absolute Gasteiger partial charge is 0.378 e. The maximum Gasteiger partial charge on any atom is 0.229 e. The average molecular weight is 351 g/mol. The van der Waals surface area contributed by atoms with Gasteiger partial charge in [0.05, 0.1) is 0 Å². The first-order chi connectivity index (χ1) is 12.6. The third-order valence-electron chi connectivity index (χ3n) is 3.95. The van der Waals surface area contributed by atoms with E-state index in [9.17, 15) is 4.39 Å². The quantitative estimate of drug-likeness (QED) is 0.672. The van der Waals surface area contributed by atoms with Gasteiger partial charge in [0, 0.05) is 38.2 Å². The van der Waals surface area contributed by atoms with E-state index in [1.165, 1.54) is 6.07 Å². The number of nitrogens with one attached hydrogen (secondary N) is 2. The minimum Gasteiger partial charge on any atom is -0.378 e. The van der Waals surface area contributed by atoms with E-state index in [1.807, 2.05) is 49.3 Å². The molecule has 0 aliphatic carbocycles. The molecular weight excluding hydrogens is 329 g/mol. The van der Waals surface area contributed by atoms with Crippen LogP contribution in [0.2, 0.25) is 0 Å². The summed E-state index contributed by atoms with van der Waals surface area (Å²) < 4.78 is 13.6. The smallest absolute Gasteiger partial charge is 0.229 e. The second-order valence-electron chi connectivity index (χ2n) is 6.10. The molecule has 0 fully saturated rings. The van der Waals surface area contributed by atoms with Gasteiger partial charge in [0.25, 0.3) is 0 Å². The molecule has 0 atom stereocenters. The first kappa shape index (κ1) is 17.7. The van der Waals surface area contributed by atoms with E-state index in [4.69, 9.17) is 0 Å². The van der Waals surface area contributed by atoms with Crippen molar-refractivity contribution in [2.24, 2.45) is 0 Å². The molecule has 5 nitrogen and oxygen atoms in total. The van der Waals surface area contributed by atoms with Crippen molar-refractivity contribution in [1.82, 2.24) is 9.97 Å². The second kappa shape index (κ2) is 8.29. The summed E-state index contributed by atoms with van der Waals surface area (Å²) in [5.74, 6) is 1.03. The summed E-state index contributed by atoms with van der Waals surface area (Å²) in [6.45, 7) is 0.592. The highest BCUT2D eigenvalue weighted by atomic mass is 19.1. The number of halogens is 1. The molecule has 1 heterocycles. The molecule has 0 aliphatic heterocycles. The summed E-state index contributed by atoms with van der Waals surface area (Å²) in [6, 6.07) is 16.6. The van der Waals surface area contributed by atoms with Crippen molar-refractivity contribution in [1.29, 1.82) is 0 Å². The first-order valence-corrected chi connectivity index (χ1v) is 8.46. The van der Waals surface area contributed by atoms with Gasteiger partial charge in [-0.25, -0.2) is 9.37 Å². The number of anilines is 4. The van der Waals surface area contributed by atoms with E-state index in [-0.39, 0.29) is 5.82 Å². The Kier molecular flexibility index (Phi) is 5.63. The van der Waals surface area contributed by atoms with Crippen LogP contribution in [0.5, 0.6) is 0 Å². The van der Waals surface area contributed by atoms with Gasteiger partial charge >= 0.3 is 0 Å².